The Labute approximate surface area is 636 Å². The van der Waals surface area contributed by atoms with Crippen LogP contribution in [0.15, 0.2) is 97.1 Å². The van der Waals surface area contributed by atoms with Crippen LogP contribution < -0.4 is 18.5 Å². The van der Waals surface area contributed by atoms with Gasteiger partial charge in [-0.2, -0.15) is 0 Å². The van der Waals surface area contributed by atoms with Crippen molar-refractivity contribution in [3.05, 3.63) is 175 Å². The van der Waals surface area contributed by atoms with E-state index in [1.807, 2.05) is 116 Å². The highest BCUT2D eigenvalue weighted by atomic mass is 31.2. The maximum absolute atomic E-state index is 12.1. The second kappa shape index (κ2) is 37.2. The predicted molar refractivity (Wildman–Crippen MR) is 425 cm³/mol. The number of aryl methyl sites for hydroxylation is 6. The summed E-state index contributed by atoms with van der Waals surface area (Å²) in [7, 11) is -1.46. The van der Waals surface area contributed by atoms with Crippen LogP contribution in [0.4, 0.5) is 0 Å². The molecule has 8 rings (SSSR count). The monoisotopic (exact) mass is 1500 g/mol. The molecular formula is C87H124O17P2. The minimum Gasteiger partial charge on any atom is -0.507 e. The first kappa shape index (κ1) is 88.3. The zero-order valence-electron chi connectivity index (χ0n) is 68.5. The molecule has 0 atom stereocenters. The molecule has 584 valence electrons. The summed E-state index contributed by atoms with van der Waals surface area (Å²) in [5.74, 6) is 2.88. The number of hydrogen-bond donors (Lipinski definition) is 2. The SMILES string of the molecule is COc1ccc(C(C)(C)c2ccc(OC(C)=O)cc2)cc1.Cc1cc(C(C)(C)C)c(OP2OCC3(CO2)COP(Oc2c(C(C)(C)C)cc(C)cc2C(C)(C)C)OC3)c(C(C)(C)C)c1.Cc1cc(CCC(=O)OCCOCCOCCOC(=O)CCc2cc(C)c(O)c(C(C)(C)C)c2)cc(C(C)(C)C)c1O. The van der Waals surface area contributed by atoms with Crippen LogP contribution in [0.3, 0.4) is 0 Å². The van der Waals surface area contributed by atoms with Crippen LogP contribution in [0, 0.1) is 33.1 Å². The molecule has 0 radical (unpaired) electrons. The van der Waals surface area contributed by atoms with Crippen molar-refractivity contribution in [2.24, 2.45) is 5.41 Å². The number of esters is 3. The van der Waals surface area contributed by atoms with Gasteiger partial charge in [0.1, 0.15) is 47.7 Å². The summed E-state index contributed by atoms with van der Waals surface area (Å²) in [6.45, 7) is 55.9. The van der Waals surface area contributed by atoms with Gasteiger partial charge in [0, 0.05) is 47.4 Å². The van der Waals surface area contributed by atoms with Gasteiger partial charge in [0.2, 0.25) is 0 Å². The van der Waals surface area contributed by atoms with Crippen LogP contribution in [0.25, 0.3) is 0 Å². The molecule has 0 bridgehead atoms. The summed E-state index contributed by atoms with van der Waals surface area (Å²) in [6, 6.07) is 32.3. The van der Waals surface area contributed by atoms with Crippen LogP contribution in [-0.4, -0.2) is 101 Å². The van der Waals surface area contributed by atoms with E-state index in [4.69, 9.17) is 55.6 Å². The Kier molecular flexibility index (Phi) is 30.9. The third kappa shape index (κ3) is 26.0. The number of ether oxygens (including phenoxy) is 6. The minimum atomic E-state index is -1.56. The van der Waals surface area contributed by atoms with E-state index in [1.54, 1.807) is 7.11 Å². The second-order valence-corrected chi connectivity index (χ2v) is 37.1. The summed E-state index contributed by atoms with van der Waals surface area (Å²) in [5.41, 5.74) is 13.5. The summed E-state index contributed by atoms with van der Waals surface area (Å²) >= 11 is 0. The van der Waals surface area contributed by atoms with Gasteiger partial charge in [-0.1, -0.05) is 222 Å². The van der Waals surface area contributed by atoms with Crippen LogP contribution in [0.1, 0.15) is 236 Å². The first-order valence-electron chi connectivity index (χ1n) is 37.0. The third-order valence-electron chi connectivity index (χ3n) is 18.5. The van der Waals surface area contributed by atoms with Crippen molar-refractivity contribution >= 4 is 35.1 Å². The maximum Gasteiger partial charge on any atom is 0.397 e. The lowest BCUT2D eigenvalue weighted by Crippen LogP contribution is -2.45. The Morgan fingerprint density at radius 2 is 0.726 bits per heavy atom. The number of phenols is 2. The lowest BCUT2D eigenvalue weighted by Gasteiger charge is -2.42. The number of rotatable bonds is 23. The van der Waals surface area contributed by atoms with Crippen LogP contribution in [0.2, 0.25) is 0 Å². The van der Waals surface area contributed by atoms with Crippen molar-refractivity contribution in [1.29, 1.82) is 0 Å². The van der Waals surface area contributed by atoms with Crippen molar-refractivity contribution in [2.75, 3.05) is 73.2 Å². The quantitative estimate of drug-likeness (QED) is 0.0265. The molecule has 1 spiro atoms. The summed E-state index contributed by atoms with van der Waals surface area (Å²) in [6.07, 6.45) is 1.58. The molecule has 2 aliphatic rings. The number of carbonyl (C=O) groups is 3. The molecule has 106 heavy (non-hydrogen) atoms. The lowest BCUT2D eigenvalue weighted by atomic mass is 9.78. The molecule has 0 aliphatic carbocycles. The molecule has 0 aromatic heterocycles. The number of aromatic hydroxyl groups is 2. The fourth-order valence-corrected chi connectivity index (χ4v) is 14.7. The van der Waals surface area contributed by atoms with Crippen molar-refractivity contribution in [1.82, 2.24) is 0 Å². The largest absolute Gasteiger partial charge is 0.507 e. The van der Waals surface area contributed by atoms with Crippen LogP contribution in [0.5, 0.6) is 34.5 Å². The van der Waals surface area contributed by atoms with Gasteiger partial charge < -0.3 is 65.8 Å². The third-order valence-corrected chi connectivity index (χ3v) is 20.5. The fourth-order valence-electron chi connectivity index (χ4n) is 12.1. The molecule has 2 aliphatic heterocycles. The van der Waals surface area contributed by atoms with Gasteiger partial charge >= 0.3 is 35.1 Å². The van der Waals surface area contributed by atoms with E-state index in [2.05, 4.69) is 147 Å². The highest BCUT2D eigenvalue weighted by molar-refractivity contribution is 7.42. The molecule has 19 heteroatoms. The summed E-state index contributed by atoms with van der Waals surface area (Å²) in [4.78, 5) is 35.2. The molecule has 2 fully saturated rings. The van der Waals surface area contributed by atoms with Crippen LogP contribution in [-0.2, 0) is 102 Å². The highest BCUT2D eigenvalue weighted by Gasteiger charge is 2.46. The Morgan fingerprint density at radius 1 is 0.425 bits per heavy atom. The maximum atomic E-state index is 12.1. The molecule has 2 heterocycles. The smallest absolute Gasteiger partial charge is 0.397 e. The fraction of sp³-hybridized carbons (Fsp3) is 0.552. The second-order valence-electron chi connectivity index (χ2n) is 34.9. The first-order valence-corrected chi connectivity index (χ1v) is 39.2. The van der Waals surface area contributed by atoms with Gasteiger partial charge in [-0.05, 0) is 142 Å². The van der Waals surface area contributed by atoms with Crippen molar-refractivity contribution in [3.8, 4) is 34.5 Å². The van der Waals surface area contributed by atoms with Gasteiger partial charge in [-0.25, -0.2) is 0 Å². The van der Waals surface area contributed by atoms with E-state index in [-0.39, 0.29) is 95.1 Å². The zero-order chi connectivity index (χ0) is 79.1. The normalized spacial score (nSPS) is 16.6. The van der Waals surface area contributed by atoms with Crippen molar-refractivity contribution < 1.29 is 80.2 Å². The van der Waals surface area contributed by atoms with Gasteiger partial charge in [0.05, 0.1) is 65.4 Å². The number of hydrogen-bond acceptors (Lipinski definition) is 17. The van der Waals surface area contributed by atoms with Crippen LogP contribution >= 0.6 is 17.2 Å². The molecule has 6 aromatic rings. The van der Waals surface area contributed by atoms with Gasteiger partial charge in [-0.15, -0.1) is 0 Å². The Morgan fingerprint density at radius 3 is 1.02 bits per heavy atom. The summed E-state index contributed by atoms with van der Waals surface area (Å²) in [5, 5.41) is 20.7. The molecule has 0 unspecified atom stereocenters. The lowest BCUT2D eigenvalue weighted by molar-refractivity contribution is -0.146. The van der Waals surface area contributed by atoms with E-state index in [0.29, 0.717) is 69.7 Å². The van der Waals surface area contributed by atoms with Gasteiger partial charge in [0.25, 0.3) is 0 Å². The molecule has 17 nitrogen and oxygen atoms in total. The van der Waals surface area contributed by atoms with Crippen molar-refractivity contribution in [2.45, 2.75) is 237 Å². The average Bonchev–Trinajstić information content (AvgIpc) is 0.757. The number of phenolic OH excluding ortho intramolecular Hbond substituents is 2. The van der Waals surface area contributed by atoms with E-state index in [9.17, 15) is 24.6 Å². The number of methoxy groups -OCH3 is 1. The van der Waals surface area contributed by atoms with E-state index >= 15 is 0 Å². The molecule has 6 aromatic carbocycles. The molecule has 0 saturated carbocycles. The average molecular weight is 1500 g/mol. The van der Waals surface area contributed by atoms with E-state index in [1.165, 1.54) is 45.9 Å². The minimum absolute atomic E-state index is 0.0902. The van der Waals surface area contributed by atoms with Gasteiger partial charge in [0.15, 0.2) is 0 Å². The topological polar surface area (TPSA) is 202 Å². The Balaban J connectivity index is 0.000000263. The standard InChI is InChI=1S/C35H54O6P2.C34H50O8.C18H20O3/c1-23-15-25(31(3,4)5)29(26(16-23)32(6,7)8)40-42-36-19-35(20-37-42)21-38-43(39-22-35)41-30-27(33(9,10)11)17-24(2)18-28(30)34(12,13)14;1-23-19-25(21-27(31(23)37)33(3,4)5)9-11-29(35)41-17-15-39-13-14-40-16-18-42-30(36)12-10-26-20-24(2)32(38)28(22-26)34(6,7)8;1-13(19)21-17-11-7-15(8-12-17)18(2,3)14-5-9-16(20-4)10-6-14/h15-18H,19-22H2,1-14H3;19-22,37-38H,9-18H2,1-8H3;5-12H,1-4H3. The Hall–Kier alpha value is -6.65. The predicted octanol–water partition coefficient (Wildman–Crippen LogP) is 20.4. The molecule has 0 amide bonds. The van der Waals surface area contributed by atoms with E-state index in [0.717, 1.165) is 56.2 Å². The van der Waals surface area contributed by atoms with E-state index < -0.39 is 22.6 Å². The molecule has 2 saturated heterocycles. The first-order chi connectivity index (χ1) is 49.1. The zero-order valence-corrected chi connectivity index (χ0v) is 70.3. The molecular weight excluding hydrogens is 1380 g/mol. The number of carbonyl (C=O) groups excluding carboxylic acids is 3. The Bertz CT molecular complexity index is 3610. The van der Waals surface area contributed by atoms with Gasteiger partial charge in [-0.3, -0.25) is 14.4 Å². The number of benzene rings is 6. The molecule has 2 N–H and O–H groups in total. The van der Waals surface area contributed by atoms with Crippen molar-refractivity contribution in [3.63, 3.8) is 0 Å². The summed E-state index contributed by atoms with van der Waals surface area (Å²) < 4.78 is 69.8. The highest BCUT2D eigenvalue weighted by Crippen LogP contribution is 2.57.